The Bertz CT molecular complexity index is 639. The lowest BCUT2D eigenvalue weighted by atomic mass is 10.2. The van der Waals surface area contributed by atoms with Crippen LogP contribution in [-0.2, 0) is 11.2 Å². The van der Waals surface area contributed by atoms with Crippen molar-refractivity contribution < 1.29 is 9.53 Å². The first-order chi connectivity index (χ1) is 10.6. The van der Waals surface area contributed by atoms with Crippen molar-refractivity contribution >= 4 is 11.6 Å². The number of carbonyl (C=O) groups excluding carboxylic acids is 1. The zero-order chi connectivity index (χ0) is 15.8. The Labute approximate surface area is 130 Å². The average molecular weight is 296 g/mol. The molecule has 0 aliphatic rings. The van der Waals surface area contributed by atoms with Crippen LogP contribution in [0.15, 0.2) is 60.8 Å². The van der Waals surface area contributed by atoms with Gasteiger partial charge in [-0.1, -0.05) is 18.7 Å². The number of nitrogens with zero attached hydrogens (tertiary/aromatic N) is 1. The number of aromatic nitrogens is 1. The Kier molecular flexibility index (Phi) is 5.72. The third-order valence-corrected chi connectivity index (χ3v) is 2.94. The molecule has 0 aliphatic carbocycles. The summed E-state index contributed by atoms with van der Waals surface area (Å²) in [4.78, 5) is 16.2. The van der Waals surface area contributed by atoms with Gasteiger partial charge in [0.05, 0.1) is 0 Å². The van der Waals surface area contributed by atoms with Gasteiger partial charge in [0.15, 0.2) is 0 Å². The highest BCUT2D eigenvalue weighted by molar-refractivity contribution is 5.90. The van der Waals surface area contributed by atoms with Gasteiger partial charge in [0, 0.05) is 30.1 Å². The predicted molar refractivity (Wildman–Crippen MR) is 87.9 cm³/mol. The van der Waals surface area contributed by atoms with Crippen LogP contribution >= 0.6 is 0 Å². The van der Waals surface area contributed by atoms with Crippen molar-refractivity contribution in [2.75, 3.05) is 11.9 Å². The van der Waals surface area contributed by atoms with Crippen LogP contribution in [-0.4, -0.2) is 17.5 Å². The van der Waals surface area contributed by atoms with E-state index >= 15 is 0 Å². The standard InChI is InChI=1S/C18H20N2O2/c1-14(2)13-22-17-8-5-7-16(12-17)20-18(21)10-9-15-6-3-4-11-19-15/h3-8,11-12H,1,9-10,13H2,2H3,(H,20,21). The number of aryl methyl sites for hydroxylation is 1. The van der Waals surface area contributed by atoms with Crippen LogP contribution in [0.3, 0.4) is 0 Å². The maximum Gasteiger partial charge on any atom is 0.224 e. The minimum Gasteiger partial charge on any atom is -0.489 e. The molecule has 0 bridgehead atoms. The molecule has 0 saturated heterocycles. The highest BCUT2D eigenvalue weighted by Crippen LogP contribution is 2.18. The summed E-state index contributed by atoms with van der Waals surface area (Å²) < 4.78 is 5.56. The summed E-state index contributed by atoms with van der Waals surface area (Å²) >= 11 is 0. The van der Waals surface area contributed by atoms with Gasteiger partial charge in [0.1, 0.15) is 12.4 Å². The van der Waals surface area contributed by atoms with Crippen molar-refractivity contribution in [1.82, 2.24) is 4.98 Å². The van der Waals surface area contributed by atoms with Crippen LogP contribution in [0.25, 0.3) is 0 Å². The zero-order valence-corrected chi connectivity index (χ0v) is 12.7. The number of hydrogen-bond donors (Lipinski definition) is 1. The third-order valence-electron chi connectivity index (χ3n) is 2.94. The lowest BCUT2D eigenvalue weighted by Gasteiger charge is -2.09. The smallest absolute Gasteiger partial charge is 0.224 e. The maximum atomic E-state index is 12.0. The first-order valence-corrected chi connectivity index (χ1v) is 7.20. The summed E-state index contributed by atoms with van der Waals surface area (Å²) in [6, 6.07) is 13.0. The molecule has 114 valence electrons. The first kappa shape index (κ1) is 15.8. The molecule has 2 rings (SSSR count). The molecule has 0 spiro atoms. The average Bonchev–Trinajstić information content (AvgIpc) is 2.52. The largest absolute Gasteiger partial charge is 0.489 e. The van der Waals surface area contributed by atoms with E-state index in [1.807, 2.05) is 49.4 Å². The number of pyridine rings is 1. The van der Waals surface area contributed by atoms with E-state index in [1.54, 1.807) is 6.20 Å². The van der Waals surface area contributed by atoms with Gasteiger partial charge >= 0.3 is 0 Å². The second kappa shape index (κ2) is 7.98. The molecule has 0 unspecified atom stereocenters. The summed E-state index contributed by atoms with van der Waals surface area (Å²) in [5, 5.41) is 2.87. The van der Waals surface area contributed by atoms with Crippen LogP contribution in [0.5, 0.6) is 5.75 Å². The molecule has 22 heavy (non-hydrogen) atoms. The number of rotatable bonds is 7. The second-order valence-electron chi connectivity index (χ2n) is 5.14. The highest BCUT2D eigenvalue weighted by atomic mass is 16.5. The normalized spacial score (nSPS) is 10.0. The SMILES string of the molecule is C=C(C)COc1cccc(NC(=O)CCc2ccccn2)c1. The van der Waals surface area contributed by atoms with E-state index in [4.69, 9.17) is 4.74 Å². The van der Waals surface area contributed by atoms with Crippen LogP contribution in [0.2, 0.25) is 0 Å². The molecule has 1 amide bonds. The molecule has 0 atom stereocenters. The molecular formula is C18H20N2O2. The predicted octanol–water partition coefficient (Wildman–Crippen LogP) is 3.61. The summed E-state index contributed by atoms with van der Waals surface area (Å²) in [5.74, 6) is 0.674. The zero-order valence-electron chi connectivity index (χ0n) is 12.7. The third kappa shape index (κ3) is 5.40. The summed E-state index contributed by atoms with van der Waals surface area (Å²) in [6.45, 7) is 6.17. The number of nitrogens with one attached hydrogen (secondary N) is 1. The van der Waals surface area contributed by atoms with Gasteiger partial charge < -0.3 is 10.1 Å². The number of carbonyl (C=O) groups is 1. The number of anilines is 1. The van der Waals surface area contributed by atoms with Crippen molar-refractivity contribution in [3.05, 3.63) is 66.5 Å². The summed E-state index contributed by atoms with van der Waals surface area (Å²) in [5.41, 5.74) is 2.59. The van der Waals surface area contributed by atoms with E-state index in [0.717, 1.165) is 17.0 Å². The van der Waals surface area contributed by atoms with E-state index in [-0.39, 0.29) is 5.91 Å². The molecule has 2 aromatic rings. The van der Waals surface area contributed by atoms with Crippen molar-refractivity contribution in [2.45, 2.75) is 19.8 Å². The van der Waals surface area contributed by atoms with Crippen molar-refractivity contribution in [3.63, 3.8) is 0 Å². The minimum atomic E-state index is -0.0392. The number of amides is 1. The quantitative estimate of drug-likeness (QED) is 0.794. The van der Waals surface area contributed by atoms with E-state index in [1.165, 1.54) is 0 Å². The van der Waals surface area contributed by atoms with Gasteiger partial charge in [-0.05, 0) is 43.2 Å². The molecule has 0 fully saturated rings. The van der Waals surface area contributed by atoms with Crippen LogP contribution in [0.1, 0.15) is 19.0 Å². The molecule has 1 heterocycles. The summed E-state index contributed by atoms with van der Waals surface area (Å²) in [6.07, 6.45) is 2.75. The fraction of sp³-hybridized carbons (Fsp3) is 0.222. The molecular weight excluding hydrogens is 276 g/mol. The Morgan fingerprint density at radius 2 is 2.14 bits per heavy atom. The molecule has 0 radical (unpaired) electrons. The van der Waals surface area contributed by atoms with Gasteiger partial charge in [0.2, 0.25) is 5.91 Å². The molecule has 4 heteroatoms. The Morgan fingerprint density at radius 1 is 1.27 bits per heavy atom. The fourth-order valence-electron chi connectivity index (χ4n) is 1.88. The highest BCUT2D eigenvalue weighted by Gasteiger charge is 2.05. The van der Waals surface area contributed by atoms with Crippen molar-refractivity contribution in [3.8, 4) is 5.75 Å². The number of benzene rings is 1. The topological polar surface area (TPSA) is 51.2 Å². The number of hydrogen-bond acceptors (Lipinski definition) is 3. The Hall–Kier alpha value is -2.62. The molecule has 0 saturated carbocycles. The molecule has 1 aromatic carbocycles. The Morgan fingerprint density at radius 3 is 2.86 bits per heavy atom. The van der Waals surface area contributed by atoms with Gasteiger partial charge in [-0.2, -0.15) is 0 Å². The lowest BCUT2D eigenvalue weighted by molar-refractivity contribution is -0.116. The monoisotopic (exact) mass is 296 g/mol. The lowest BCUT2D eigenvalue weighted by Crippen LogP contribution is -2.12. The molecule has 0 aliphatic heterocycles. The fourth-order valence-corrected chi connectivity index (χ4v) is 1.88. The molecule has 4 nitrogen and oxygen atoms in total. The Balaban J connectivity index is 1.85. The van der Waals surface area contributed by atoms with Crippen LogP contribution < -0.4 is 10.1 Å². The van der Waals surface area contributed by atoms with E-state index in [9.17, 15) is 4.79 Å². The van der Waals surface area contributed by atoms with Gasteiger partial charge in [0.25, 0.3) is 0 Å². The van der Waals surface area contributed by atoms with Gasteiger partial charge in [-0.15, -0.1) is 0 Å². The summed E-state index contributed by atoms with van der Waals surface area (Å²) in [7, 11) is 0. The van der Waals surface area contributed by atoms with Crippen molar-refractivity contribution in [2.24, 2.45) is 0 Å². The van der Waals surface area contributed by atoms with Gasteiger partial charge in [-0.25, -0.2) is 0 Å². The number of ether oxygens (including phenoxy) is 1. The van der Waals surface area contributed by atoms with Crippen molar-refractivity contribution in [1.29, 1.82) is 0 Å². The minimum absolute atomic E-state index is 0.0392. The second-order valence-corrected chi connectivity index (χ2v) is 5.14. The van der Waals surface area contributed by atoms with E-state index < -0.39 is 0 Å². The van der Waals surface area contributed by atoms with Crippen LogP contribution in [0.4, 0.5) is 5.69 Å². The van der Waals surface area contributed by atoms with Crippen LogP contribution in [0, 0.1) is 0 Å². The molecule has 1 aromatic heterocycles. The first-order valence-electron chi connectivity index (χ1n) is 7.20. The van der Waals surface area contributed by atoms with Gasteiger partial charge in [-0.3, -0.25) is 9.78 Å². The van der Waals surface area contributed by atoms with E-state index in [0.29, 0.717) is 25.2 Å². The van der Waals surface area contributed by atoms with E-state index in [2.05, 4.69) is 16.9 Å². The maximum absolute atomic E-state index is 12.0. The molecule has 1 N–H and O–H groups in total.